The highest BCUT2D eigenvalue weighted by atomic mass is 35.5. The first-order valence-electron chi connectivity index (χ1n) is 7.35. The van der Waals surface area contributed by atoms with Crippen molar-refractivity contribution in [2.24, 2.45) is 0 Å². The standard InChI is InChI=1S/C16H12ClN5O3/c1-25-13-6-12-10(5-11(13)17)15(23)22(16(24)19-12)7-9-2-3-21-8-18-20-14(21)4-9/h2-6,8H,7H2,1H3,(H,19,24). The van der Waals surface area contributed by atoms with Gasteiger partial charge < -0.3 is 9.72 Å². The van der Waals surface area contributed by atoms with Gasteiger partial charge in [0.15, 0.2) is 5.65 Å². The summed E-state index contributed by atoms with van der Waals surface area (Å²) >= 11 is 6.10. The summed E-state index contributed by atoms with van der Waals surface area (Å²) < 4.78 is 7.97. The predicted molar refractivity (Wildman–Crippen MR) is 92.5 cm³/mol. The second-order valence-corrected chi connectivity index (χ2v) is 5.89. The first-order valence-corrected chi connectivity index (χ1v) is 7.73. The van der Waals surface area contributed by atoms with E-state index in [1.807, 2.05) is 0 Å². The van der Waals surface area contributed by atoms with E-state index in [4.69, 9.17) is 16.3 Å². The van der Waals surface area contributed by atoms with E-state index in [-0.39, 0.29) is 6.54 Å². The minimum atomic E-state index is -0.511. The van der Waals surface area contributed by atoms with Gasteiger partial charge >= 0.3 is 5.69 Å². The van der Waals surface area contributed by atoms with E-state index in [0.717, 1.165) is 10.1 Å². The largest absolute Gasteiger partial charge is 0.495 e. The average molecular weight is 358 g/mol. The summed E-state index contributed by atoms with van der Waals surface area (Å²) in [7, 11) is 1.47. The van der Waals surface area contributed by atoms with Crippen LogP contribution in [0.15, 0.2) is 46.4 Å². The molecule has 126 valence electrons. The molecule has 0 saturated heterocycles. The summed E-state index contributed by atoms with van der Waals surface area (Å²) in [5.41, 5.74) is 0.830. The second-order valence-electron chi connectivity index (χ2n) is 5.49. The molecule has 9 heteroatoms. The van der Waals surface area contributed by atoms with E-state index < -0.39 is 11.2 Å². The van der Waals surface area contributed by atoms with Crippen LogP contribution in [0.25, 0.3) is 16.6 Å². The van der Waals surface area contributed by atoms with Crippen molar-refractivity contribution in [3.05, 3.63) is 68.2 Å². The highest BCUT2D eigenvalue weighted by Crippen LogP contribution is 2.27. The van der Waals surface area contributed by atoms with Crippen LogP contribution in [0.5, 0.6) is 5.75 Å². The molecule has 3 heterocycles. The van der Waals surface area contributed by atoms with Crippen molar-refractivity contribution in [1.29, 1.82) is 0 Å². The van der Waals surface area contributed by atoms with Crippen molar-refractivity contribution in [3.8, 4) is 5.75 Å². The molecule has 1 aromatic carbocycles. The Balaban J connectivity index is 1.86. The van der Waals surface area contributed by atoms with Crippen LogP contribution in [-0.2, 0) is 6.54 Å². The molecule has 0 aliphatic heterocycles. The van der Waals surface area contributed by atoms with Crippen molar-refractivity contribution in [3.63, 3.8) is 0 Å². The monoisotopic (exact) mass is 357 g/mol. The van der Waals surface area contributed by atoms with Crippen LogP contribution in [-0.4, -0.2) is 31.3 Å². The van der Waals surface area contributed by atoms with E-state index in [0.29, 0.717) is 27.3 Å². The van der Waals surface area contributed by atoms with Gasteiger partial charge in [-0.15, -0.1) is 10.2 Å². The minimum Gasteiger partial charge on any atom is -0.495 e. The molecule has 0 unspecified atom stereocenters. The van der Waals surface area contributed by atoms with E-state index in [1.165, 1.54) is 19.2 Å². The number of ether oxygens (including phenoxy) is 1. The van der Waals surface area contributed by atoms with Crippen LogP contribution in [0, 0.1) is 0 Å². The second kappa shape index (κ2) is 5.75. The average Bonchev–Trinajstić information content (AvgIpc) is 3.06. The van der Waals surface area contributed by atoms with Crippen molar-refractivity contribution in [2.45, 2.75) is 6.54 Å². The van der Waals surface area contributed by atoms with Crippen molar-refractivity contribution >= 4 is 28.2 Å². The van der Waals surface area contributed by atoms with Crippen LogP contribution in [0.2, 0.25) is 5.02 Å². The van der Waals surface area contributed by atoms with Gasteiger partial charge in [0.05, 0.1) is 29.6 Å². The van der Waals surface area contributed by atoms with Gasteiger partial charge in [0.1, 0.15) is 12.1 Å². The minimum absolute atomic E-state index is 0.108. The molecule has 4 rings (SSSR count). The maximum Gasteiger partial charge on any atom is 0.329 e. The molecule has 0 aliphatic carbocycles. The number of hydrogen-bond acceptors (Lipinski definition) is 5. The van der Waals surface area contributed by atoms with Gasteiger partial charge in [-0.25, -0.2) is 4.79 Å². The fraction of sp³-hybridized carbons (Fsp3) is 0.125. The van der Waals surface area contributed by atoms with E-state index in [1.54, 1.807) is 29.1 Å². The maximum absolute atomic E-state index is 12.7. The van der Waals surface area contributed by atoms with Crippen molar-refractivity contribution in [1.82, 2.24) is 24.1 Å². The number of rotatable bonds is 3. The molecule has 0 amide bonds. The van der Waals surface area contributed by atoms with Gasteiger partial charge in [-0.3, -0.25) is 13.8 Å². The molecule has 0 spiro atoms. The third kappa shape index (κ3) is 2.56. The number of nitrogens with one attached hydrogen (secondary N) is 1. The van der Waals surface area contributed by atoms with Crippen LogP contribution >= 0.6 is 11.6 Å². The lowest BCUT2D eigenvalue weighted by Crippen LogP contribution is -2.35. The number of aromatic nitrogens is 5. The summed E-state index contributed by atoms with van der Waals surface area (Å²) in [5, 5.41) is 8.37. The van der Waals surface area contributed by atoms with Gasteiger partial charge in [-0.1, -0.05) is 11.6 Å². The molecule has 8 nitrogen and oxygen atoms in total. The molecule has 0 bridgehead atoms. The summed E-state index contributed by atoms with van der Waals surface area (Å²) in [4.78, 5) is 27.8. The van der Waals surface area contributed by atoms with Gasteiger partial charge in [0.2, 0.25) is 0 Å². The number of H-pyrrole nitrogens is 1. The molecule has 1 N–H and O–H groups in total. The number of hydrogen-bond donors (Lipinski definition) is 1. The molecule has 0 radical (unpaired) electrons. The topological polar surface area (TPSA) is 94.3 Å². The van der Waals surface area contributed by atoms with E-state index >= 15 is 0 Å². The quantitative estimate of drug-likeness (QED) is 0.598. The SMILES string of the molecule is COc1cc2[nH]c(=O)n(Cc3ccn4cnnc4c3)c(=O)c2cc1Cl. The van der Waals surface area contributed by atoms with Crippen LogP contribution in [0.4, 0.5) is 0 Å². The highest BCUT2D eigenvalue weighted by Gasteiger charge is 2.12. The Labute approximate surface area is 145 Å². The number of pyridine rings is 1. The Bertz CT molecular complexity index is 1220. The zero-order valence-corrected chi connectivity index (χ0v) is 13.8. The lowest BCUT2D eigenvalue weighted by atomic mass is 10.2. The number of nitrogens with zero attached hydrogens (tertiary/aromatic N) is 4. The first-order chi connectivity index (χ1) is 12.1. The summed E-state index contributed by atoms with van der Waals surface area (Å²) in [6.07, 6.45) is 3.34. The Morgan fingerprint density at radius 1 is 1.28 bits per heavy atom. The Morgan fingerprint density at radius 2 is 2.12 bits per heavy atom. The van der Waals surface area contributed by atoms with Gasteiger partial charge in [-0.05, 0) is 23.8 Å². The van der Waals surface area contributed by atoms with Crippen molar-refractivity contribution < 1.29 is 4.74 Å². The maximum atomic E-state index is 12.7. The van der Waals surface area contributed by atoms with Crippen molar-refractivity contribution in [2.75, 3.05) is 7.11 Å². The number of benzene rings is 1. The van der Waals surface area contributed by atoms with E-state index in [2.05, 4.69) is 15.2 Å². The van der Waals surface area contributed by atoms with Crippen LogP contribution in [0.3, 0.4) is 0 Å². The molecule has 0 aliphatic rings. The summed E-state index contributed by atoms with van der Waals surface area (Å²) in [6.45, 7) is 0.108. The Morgan fingerprint density at radius 3 is 2.92 bits per heavy atom. The molecular formula is C16H12ClN5O3. The number of methoxy groups -OCH3 is 1. The third-order valence-corrected chi connectivity index (χ3v) is 4.25. The molecule has 4 aromatic rings. The Hall–Kier alpha value is -3.13. The zero-order valence-electron chi connectivity index (χ0n) is 13.1. The third-order valence-electron chi connectivity index (χ3n) is 3.96. The van der Waals surface area contributed by atoms with Crippen LogP contribution < -0.4 is 16.0 Å². The number of fused-ring (bicyclic) bond motifs is 2. The highest BCUT2D eigenvalue weighted by molar-refractivity contribution is 6.32. The fourth-order valence-corrected chi connectivity index (χ4v) is 2.94. The molecular weight excluding hydrogens is 346 g/mol. The summed E-state index contributed by atoms with van der Waals surface area (Å²) in [6, 6.07) is 6.59. The first kappa shape index (κ1) is 15.4. The van der Waals surface area contributed by atoms with Gasteiger partial charge in [-0.2, -0.15) is 0 Å². The lowest BCUT2D eigenvalue weighted by Gasteiger charge is -2.09. The summed E-state index contributed by atoms with van der Waals surface area (Å²) in [5.74, 6) is 0.388. The molecule has 0 fully saturated rings. The predicted octanol–water partition coefficient (Wildman–Crippen LogP) is 1.44. The fourth-order valence-electron chi connectivity index (χ4n) is 2.69. The lowest BCUT2D eigenvalue weighted by molar-refractivity contribution is 0.415. The van der Waals surface area contributed by atoms with Gasteiger partial charge in [0.25, 0.3) is 5.56 Å². The number of halogens is 1. The van der Waals surface area contributed by atoms with E-state index in [9.17, 15) is 9.59 Å². The zero-order chi connectivity index (χ0) is 17.6. The molecule has 0 saturated carbocycles. The normalized spacial score (nSPS) is 11.3. The van der Waals surface area contributed by atoms with Crippen LogP contribution in [0.1, 0.15) is 5.56 Å². The molecule has 3 aromatic heterocycles. The molecule has 0 atom stereocenters. The number of aromatic amines is 1. The van der Waals surface area contributed by atoms with Gasteiger partial charge in [0, 0.05) is 12.3 Å². The smallest absolute Gasteiger partial charge is 0.329 e. The Kier molecular flexibility index (Phi) is 3.54. The molecule has 25 heavy (non-hydrogen) atoms.